The van der Waals surface area contributed by atoms with Crippen LogP contribution in [0.25, 0.3) is 0 Å². The molecular weight excluding hydrogens is 649 g/mol. The number of hydrogen-bond acceptors (Lipinski definition) is 3. The van der Waals surface area contributed by atoms with Crippen LogP contribution in [-0.2, 0) is 6.61 Å². The molecular formula is C22H16Cl2I2N2O2. The number of hydrazone groups is 1. The molecule has 0 bridgehead atoms. The van der Waals surface area contributed by atoms with Crippen molar-refractivity contribution in [2.75, 3.05) is 0 Å². The van der Waals surface area contributed by atoms with Gasteiger partial charge in [-0.3, -0.25) is 4.79 Å². The molecule has 0 aliphatic carbocycles. The monoisotopic (exact) mass is 664 g/mol. The van der Waals surface area contributed by atoms with Crippen molar-refractivity contribution in [3.63, 3.8) is 0 Å². The fourth-order valence-electron chi connectivity index (χ4n) is 2.50. The number of carbonyl (C=O) groups is 1. The minimum atomic E-state index is -0.368. The van der Waals surface area contributed by atoms with E-state index in [-0.39, 0.29) is 5.91 Å². The molecule has 0 heterocycles. The Morgan fingerprint density at radius 3 is 2.33 bits per heavy atom. The second-order valence-corrected chi connectivity index (χ2v) is 9.55. The Morgan fingerprint density at radius 1 is 1.03 bits per heavy atom. The summed E-state index contributed by atoms with van der Waals surface area (Å²) in [4.78, 5) is 12.2. The zero-order valence-corrected chi connectivity index (χ0v) is 21.6. The number of halogens is 4. The van der Waals surface area contributed by atoms with E-state index in [9.17, 15) is 4.79 Å². The summed E-state index contributed by atoms with van der Waals surface area (Å²) in [6, 6.07) is 16.8. The van der Waals surface area contributed by atoms with Crippen LogP contribution in [0.3, 0.4) is 0 Å². The van der Waals surface area contributed by atoms with Crippen LogP contribution in [0.2, 0.25) is 10.0 Å². The minimum absolute atomic E-state index is 0.318. The van der Waals surface area contributed by atoms with E-state index >= 15 is 0 Å². The van der Waals surface area contributed by atoms with Crippen molar-refractivity contribution in [1.29, 1.82) is 0 Å². The Balaban J connectivity index is 1.64. The van der Waals surface area contributed by atoms with Crippen LogP contribution in [0.1, 0.15) is 27.0 Å². The fourth-order valence-corrected chi connectivity index (χ4v) is 4.92. The minimum Gasteiger partial charge on any atom is -0.487 e. The molecule has 0 fully saturated rings. The van der Waals surface area contributed by atoms with Gasteiger partial charge in [0.25, 0.3) is 5.91 Å². The highest BCUT2D eigenvalue weighted by Gasteiger charge is 2.10. The molecule has 0 radical (unpaired) electrons. The van der Waals surface area contributed by atoms with Crippen LogP contribution in [0.4, 0.5) is 0 Å². The van der Waals surface area contributed by atoms with E-state index in [2.05, 4.69) is 86.9 Å². The maximum atomic E-state index is 12.2. The fraction of sp³-hybridized carbons (Fsp3) is 0.0909. The molecule has 0 spiro atoms. The highest BCUT2D eigenvalue weighted by atomic mass is 127. The van der Waals surface area contributed by atoms with Gasteiger partial charge in [0.2, 0.25) is 0 Å². The average molecular weight is 665 g/mol. The maximum absolute atomic E-state index is 12.2. The van der Waals surface area contributed by atoms with Crippen LogP contribution in [0.15, 0.2) is 59.7 Å². The van der Waals surface area contributed by atoms with Gasteiger partial charge in [0.15, 0.2) is 0 Å². The van der Waals surface area contributed by atoms with Crippen molar-refractivity contribution in [3.05, 3.63) is 94.0 Å². The zero-order valence-electron chi connectivity index (χ0n) is 15.8. The Labute approximate surface area is 212 Å². The number of nitrogens with one attached hydrogen (secondary N) is 1. The lowest BCUT2D eigenvalue weighted by Crippen LogP contribution is -2.17. The van der Waals surface area contributed by atoms with Gasteiger partial charge in [-0.15, -0.1) is 0 Å². The van der Waals surface area contributed by atoms with Gasteiger partial charge >= 0.3 is 0 Å². The summed E-state index contributed by atoms with van der Waals surface area (Å²) in [5, 5.41) is 4.75. The third-order valence-corrected chi connectivity index (χ3v) is 6.43. The molecule has 1 N–H and O–H groups in total. The van der Waals surface area contributed by atoms with E-state index in [0.717, 1.165) is 24.0 Å². The van der Waals surface area contributed by atoms with Crippen LogP contribution < -0.4 is 10.2 Å². The summed E-state index contributed by atoms with van der Waals surface area (Å²) in [7, 11) is 0. The van der Waals surface area contributed by atoms with Gasteiger partial charge in [-0.2, -0.15) is 5.10 Å². The highest BCUT2D eigenvalue weighted by molar-refractivity contribution is 14.1. The van der Waals surface area contributed by atoms with E-state index in [1.807, 2.05) is 12.1 Å². The van der Waals surface area contributed by atoms with E-state index in [0.29, 0.717) is 22.2 Å². The molecule has 1 amide bonds. The molecule has 3 aromatic rings. The summed E-state index contributed by atoms with van der Waals surface area (Å²) in [6.07, 6.45) is 1.59. The molecule has 30 heavy (non-hydrogen) atoms. The first kappa shape index (κ1) is 23.3. The molecule has 0 aliphatic heterocycles. The molecule has 4 nitrogen and oxygen atoms in total. The maximum Gasteiger partial charge on any atom is 0.271 e. The van der Waals surface area contributed by atoms with Crippen molar-refractivity contribution in [1.82, 2.24) is 5.43 Å². The standard InChI is InChI=1S/C22H16Cl2I2N2O2/c1-13-2-4-14(5-3-13)12-30-21-19(25)8-15(9-20(21)26)11-27-28-22(29)16-6-7-17(23)18(24)10-16/h2-11H,12H2,1H3,(H,28,29)/b27-11-. The summed E-state index contributed by atoms with van der Waals surface area (Å²) < 4.78 is 7.94. The molecule has 0 aliphatic rings. The number of hydrogen-bond donors (Lipinski definition) is 1. The number of ether oxygens (including phenoxy) is 1. The second kappa shape index (κ2) is 10.8. The SMILES string of the molecule is Cc1ccc(COc2c(I)cc(/C=N\NC(=O)c3ccc(Cl)c(Cl)c3)cc2I)cc1. The Hall–Kier alpha value is -1.36. The molecule has 3 rings (SSSR count). The molecule has 0 saturated heterocycles. The van der Waals surface area contributed by atoms with E-state index in [1.165, 1.54) is 11.6 Å². The van der Waals surface area contributed by atoms with Gasteiger partial charge in [-0.1, -0.05) is 53.0 Å². The Kier molecular flexibility index (Phi) is 8.38. The van der Waals surface area contributed by atoms with Crippen molar-refractivity contribution in [2.45, 2.75) is 13.5 Å². The van der Waals surface area contributed by atoms with Gasteiger partial charge in [-0.25, -0.2) is 5.43 Å². The third-order valence-electron chi connectivity index (χ3n) is 4.09. The number of rotatable bonds is 6. The van der Waals surface area contributed by atoms with Crippen LogP contribution in [0, 0.1) is 14.1 Å². The predicted molar refractivity (Wildman–Crippen MR) is 139 cm³/mol. The Bertz CT molecular complexity index is 1080. The normalized spacial score (nSPS) is 11.0. The number of aryl methyl sites for hydroxylation is 1. The van der Waals surface area contributed by atoms with E-state index < -0.39 is 0 Å². The van der Waals surface area contributed by atoms with Crippen molar-refractivity contribution in [3.8, 4) is 5.75 Å². The predicted octanol–water partition coefficient (Wildman–Crippen LogP) is 6.85. The number of carbonyl (C=O) groups excluding carboxylic acids is 1. The highest BCUT2D eigenvalue weighted by Crippen LogP contribution is 2.29. The molecule has 0 aromatic heterocycles. The lowest BCUT2D eigenvalue weighted by Gasteiger charge is -2.11. The smallest absolute Gasteiger partial charge is 0.271 e. The molecule has 0 atom stereocenters. The lowest BCUT2D eigenvalue weighted by atomic mass is 10.2. The largest absolute Gasteiger partial charge is 0.487 e. The molecule has 154 valence electrons. The second-order valence-electron chi connectivity index (χ2n) is 6.42. The van der Waals surface area contributed by atoms with Gasteiger partial charge in [-0.05, 0) is 93.6 Å². The third kappa shape index (κ3) is 6.32. The summed E-state index contributed by atoms with van der Waals surface area (Å²) >= 11 is 16.3. The first-order valence-electron chi connectivity index (χ1n) is 8.79. The summed E-state index contributed by atoms with van der Waals surface area (Å²) in [5.41, 5.74) is 6.05. The van der Waals surface area contributed by atoms with Crippen LogP contribution >= 0.6 is 68.4 Å². The lowest BCUT2D eigenvalue weighted by molar-refractivity contribution is 0.0955. The van der Waals surface area contributed by atoms with Crippen molar-refractivity contribution >= 4 is 80.5 Å². The first-order valence-corrected chi connectivity index (χ1v) is 11.7. The van der Waals surface area contributed by atoms with Crippen molar-refractivity contribution in [2.24, 2.45) is 5.10 Å². The van der Waals surface area contributed by atoms with Crippen molar-refractivity contribution < 1.29 is 9.53 Å². The quantitative estimate of drug-likeness (QED) is 0.178. The van der Waals surface area contributed by atoms with Gasteiger partial charge in [0.1, 0.15) is 12.4 Å². The Morgan fingerprint density at radius 2 is 1.70 bits per heavy atom. The number of amides is 1. The summed E-state index contributed by atoms with van der Waals surface area (Å²) in [6.45, 7) is 2.56. The van der Waals surface area contributed by atoms with E-state index in [4.69, 9.17) is 27.9 Å². The van der Waals surface area contributed by atoms with Gasteiger partial charge in [0, 0.05) is 5.56 Å². The van der Waals surface area contributed by atoms with Crippen LogP contribution in [-0.4, -0.2) is 12.1 Å². The molecule has 8 heteroatoms. The number of benzene rings is 3. The van der Waals surface area contributed by atoms with E-state index in [1.54, 1.807) is 18.3 Å². The van der Waals surface area contributed by atoms with Gasteiger partial charge < -0.3 is 4.74 Å². The number of nitrogens with zero attached hydrogens (tertiary/aromatic N) is 1. The average Bonchev–Trinajstić information content (AvgIpc) is 2.70. The summed E-state index contributed by atoms with van der Waals surface area (Å²) in [5.74, 6) is 0.459. The van der Waals surface area contributed by atoms with Gasteiger partial charge in [0.05, 0.1) is 23.4 Å². The van der Waals surface area contributed by atoms with Crippen LogP contribution in [0.5, 0.6) is 5.75 Å². The molecule has 0 unspecified atom stereocenters. The first-order chi connectivity index (χ1) is 14.3. The molecule has 0 saturated carbocycles. The topological polar surface area (TPSA) is 50.7 Å². The zero-order chi connectivity index (χ0) is 21.7. The molecule has 3 aromatic carbocycles.